The third-order valence-corrected chi connectivity index (χ3v) is 11.7. The Balaban J connectivity index is 1.04. The van der Waals surface area contributed by atoms with E-state index in [0.717, 1.165) is 46.2 Å². The van der Waals surface area contributed by atoms with Crippen LogP contribution in [-0.4, -0.2) is 63.2 Å². The fraction of sp³-hybridized carbons (Fsp3) is 0.250. The molecule has 1 aliphatic carbocycles. The second-order valence-electron chi connectivity index (χ2n) is 15.6. The molecule has 0 aliphatic heterocycles. The number of fused-ring (bicyclic) bond motifs is 3. The van der Waals surface area contributed by atoms with Crippen LogP contribution in [0.25, 0.3) is 11.1 Å². The van der Waals surface area contributed by atoms with Gasteiger partial charge in [-0.3, -0.25) is 15.0 Å². The Kier molecular flexibility index (Phi) is 14.2. The molecule has 0 aromatic heterocycles. The zero-order valence-corrected chi connectivity index (χ0v) is 36.1. The number of nitrogens with two attached hydrogens (primary N) is 1. The van der Waals surface area contributed by atoms with Crippen molar-refractivity contribution in [2.75, 3.05) is 34.5 Å². The maximum absolute atomic E-state index is 14.5. The molecule has 1 aliphatic rings. The number of likely N-dealkylation sites (N-methyl/N-ethyl adjacent to an activating group) is 1. The van der Waals surface area contributed by atoms with Crippen LogP contribution in [0.2, 0.25) is 0 Å². The van der Waals surface area contributed by atoms with Gasteiger partial charge in [-0.2, -0.15) is 0 Å². The number of ether oxygens (including phenoxy) is 4. The highest BCUT2D eigenvalue weighted by Gasteiger charge is 2.43. The van der Waals surface area contributed by atoms with Crippen molar-refractivity contribution >= 4 is 17.8 Å². The molecule has 2 amide bonds. The Morgan fingerprint density at radius 2 is 1.30 bits per heavy atom. The lowest BCUT2D eigenvalue weighted by atomic mass is 9.83. The van der Waals surface area contributed by atoms with Crippen molar-refractivity contribution in [2.45, 2.75) is 49.7 Å². The van der Waals surface area contributed by atoms with Crippen molar-refractivity contribution in [2.24, 2.45) is 5.73 Å². The average Bonchev–Trinajstić information content (AvgIpc) is 3.66. The van der Waals surface area contributed by atoms with E-state index in [1.165, 1.54) is 7.11 Å². The maximum Gasteiger partial charge on any atom is 0.335 e. The van der Waals surface area contributed by atoms with Gasteiger partial charge in [-0.15, -0.1) is 0 Å². The molecule has 4 N–H and O–H groups in total. The summed E-state index contributed by atoms with van der Waals surface area (Å²) in [4.78, 5) is 43.5. The highest BCUT2D eigenvalue weighted by atomic mass is 16.5. The molecule has 0 saturated carbocycles. The molecule has 324 valence electrons. The van der Waals surface area contributed by atoms with Crippen LogP contribution in [-0.2, 0) is 24.7 Å². The lowest BCUT2D eigenvalue weighted by molar-refractivity contribution is -0.149. The summed E-state index contributed by atoms with van der Waals surface area (Å²) in [7, 11) is 4.83. The molecule has 0 spiro atoms. The van der Waals surface area contributed by atoms with Crippen LogP contribution in [0.1, 0.15) is 71.5 Å². The highest BCUT2D eigenvalue weighted by Crippen LogP contribution is 2.45. The summed E-state index contributed by atoms with van der Waals surface area (Å²) < 4.78 is 23.2. The molecular formula is C52H54N4O7. The summed E-state index contributed by atoms with van der Waals surface area (Å²) in [5.74, 6) is -0.269. The highest BCUT2D eigenvalue weighted by molar-refractivity contribution is 5.88. The average molecular weight is 847 g/mol. The van der Waals surface area contributed by atoms with E-state index in [0.29, 0.717) is 34.8 Å². The lowest BCUT2D eigenvalue weighted by Crippen LogP contribution is -2.53. The number of methoxy groups -OCH3 is 2. The van der Waals surface area contributed by atoms with Gasteiger partial charge in [0.1, 0.15) is 29.9 Å². The van der Waals surface area contributed by atoms with E-state index in [1.807, 2.05) is 84.9 Å². The number of carbonyl (C=O) groups is 3. The second kappa shape index (κ2) is 20.3. The largest absolute Gasteiger partial charge is 0.497 e. The summed E-state index contributed by atoms with van der Waals surface area (Å²) in [6, 6.07) is 46.7. The number of hydrogen-bond donors (Lipinski definition) is 3. The van der Waals surface area contributed by atoms with Gasteiger partial charge in [0.15, 0.2) is 12.1 Å². The molecule has 11 heteroatoms. The van der Waals surface area contributed by atoms with Gasteiger partial charge in [0.05, 0.1) is 20.3 Å². The Bertz CT molecular complexity index is 2410. The van der Waals surface area contributed by atoms with E-state index >= 15 is 0 Å². The molecule has 0 bridgehead atoms. The molecule has 0 saturated heterocycles. The van der Waals surface area contributed by atoms with E-state index in [4.69, 9.17) is 24.7 Å². The summed E-state index contributed by atoms with van der Waals surface area (Å²) in [6.07, 6.45) is 2.17. The zero-order valence-electron chi connectivity index (χ0n) is 36.1. The number of nitrogens with one attached hydrogen (secondary N) is 2. The number of esters is 1. The number of amides is 2. The number of hydrazine groups is 1. The summed E-state index contributed by atoms with van der Waals surface area (Å²) >= 11 is 0. The second-order valence-corrected chi connectivity index (χ2v) is 15.6. The summed E-state index contributed by atoms with van der Waals surface area (Å²) in [6.45, 7) is 1.77. The van der Waals surface area contributed by atoms with Crippen LogP contribution in [0.3, 0.4) is 0 Å². The van der Waals surface area contributed by atoms with Gasteiger partial charge in [-0.25, -0.2) is 10.2 Å². The van der Waals surface area contributed by atoms with Crippen molar-refractivity contribution < 1.29 is 33.3 Å². The van der Waals surface area contributed by atoms with Gasteiger partial charge < -0.3 is 29.6 Å². The Morgan fingerprint density at radius 1 is 0.730 bits per heavy atom. The van der Waals surface area contributed by atoms with E-state index in [1.54, 1.807) is 61.5 Å². The number of benzene rings is 6. The molecule has 7 rings (SSSR count). The molecule has 2 atom stereocenters. The van der Waals surface area contributed by atoms with Crippen LogP contribution >= 0.6 is 0 Å². The van der Waals surface area contributed by atoms with Crippen LogP contribution in [0.15, 0.2) is 152 Å². The third-order valence-electron chi connectivity index (χ3n) is 11.7. The van der Waals surface area contributed by atoms with Crippen molar-refractivity contribution in [3.8, 4) is 28.4 Å². The van der Waals surface area contributed by atoms with Gasteiger partial charge >= 0.3 is 5.97 Å². The topological polar surface area (TPSA) is 141 Å². The van der Waals surface area contributed by atoms with Crippen molar-refractivity contribution in [1.29, 1.82) is 0 Å². The minimum Gasteiger partial charge on any atom is -0.497 e. The van der Waals surface area contributed by atoms with Gasteiger partial charge in [-0.05, 0) is 69.6 Å². The molecule has 6 aromatic rings. The standard InChI is InChI=1S/C52H54N4O7/c1-5-6-25-46(50(58)56(2)49(35-17-9-7-10-18-35)36-19-11-8-12-20-36)54-55-48(57)34-62-38-28-26-37(27-29-38)52(53,45-31-30-39(60-3)32-47(45)61-4)51(59)63-33-44-42-23-15-13-21-40(42)41-22-14-16-24-43(41)44/h7-24,26-32,44,46,49,54H,5-6,25,33-34,53H2,1-4H3,(H,55,57)/t46-,52?/m0/s1. The van der Waals surface area contributed by atoms with Crippen LogP contribution in [0.5, 0.6) is 17.2 Å². The van der Waals surface area contributed by atoms with Gasteiger partial charge in [0, 0.05) is 24.6 Å². The predicted octanol–water partition coefficient (Wildman–Crippen LogP) is 8.07. The number of carbonyl (C=O) groups excluding carboxylic acids is 3. The fourth-order valence-electron chi connectivity index (χ4n) is 8.34. The normalized spacial score (nSPS) is 13.2. The lowest BCUT2D eigenvalue weighted by Gasteiger charge is -2.32. The van der Waals surface area contributed by atoms with Crippen LogP contribution in [0.4, 0.5) is 0 Å². The maximum atomic E-state index is 14.5. The van der Waals surface area contributed by atoms with Crippen LogP contribution < -0.4 is 30.8 Å². The summed E-state index contributed by atoms with van der Waals surface area (Å²) in [5.41, 5.74) is 18.2. The molecule has 11 nitrogen and oxygen atoms in total. The monoisotopic (exact) mass is 846 g/mol. The minimum absolute atomic E-state index is 0.0659. The van der Waals surface area contributed by atoms with E-state index < -0.39 is 23.5 Å². The van der Waals surface area contributed by atoms with Gasteiger partial charge in [0.25, 0.3) is 5.91 Å². The molecule has 0 heterocycles. The van der Waals surface area contributed by atoms with E-state index in [9.17, 15) is 14.4 Å². The zero-order chi connectivity index (χ0) is 44.3. The predicted molar refractivity (Wildman–Crippen MR) is 243 cm³/mol. The quantitative estimate of drug-likeness (QED) is 0.0546. The smallest absolute Gasteiger partial charge is 0.335 e. The Morgan fingerprint density at radius 3 is 1.87 bits per heavy atom. The number of rotatable bonds is 19. The van der Waals surface area contributed by atoms with Gasteiger partial charge in [-0.1, -0.05) is 141 Å². The molecule has 0 fully saturated rings. The van der Waals surface area contributed by atoms with Crippen LogP contribution in [0, 0.1) is 0 Å². The number of unbranched alkanes of at least 4 members (excludes halogenated alkanes) is 1. The third kappa shape index (κ3) is 9.60. The first kappa shape index (κ1) is 44.1. The number of hydrogen-bond acceptors (Lipinski definition) is 9. The van der Waals surface area contributed by atoms with E-state index in [2.05, 4.69) is 42.0 Å². The van der Waals surface area contributed by atoms with Crippen molar-refractivity contribution in [1.82, 2.24) is 15.8 Å². The molecule has 0 radical (unpaired) electrons. The Hall–Kier alpha value is -6.95. The molecular weight excluding hydrogens is 793 g/mol. The molecule has 6 aromatic carbocycles. The molecule has 63 heavy (non-hydrogen) atoms. The first-order valence-electron chi connectivity index (χ1n) is 21.2. The minimum atomic E-state index is -1.82. The first-order valence-corrected chi connectivity index (χ1v) is 21.2. The van der Waals surface area contributed by atoms with Crippen molar-refractivity contribution in [3.63, 3.8) is 0 Å². The number of nitrogens with zero attached hydrogens (tertiary/aromatic N) is 1. The molecule has 1 unspecified atom stereocenters. The van der Waals surface area contributed by atoms with E-state index in [-0.39, 0.29) is 31.1 Å². The summed E-state index contributed by atoms with van der Waals surface area (Å²) in [5, 5.41) is 0. The first-order chi connectivity index (χ1) is 30.7. The SMILES string of the molecule is CCCC[C@H](NNC(=O)COc1ccc(C(N)(C(=O)OCC2c3ccccc3-c3ccccc32)c2ccc(OC)cc2OC)cc1)C(=O)N(C)C(c1ccccc1)c1ccccc1. The van der Waals surface area contributed by atoms with Gasteiger partial charge in [0.2, 0.25) is 5.91 Å². The van der Waals surface area contributed by atoms with Crippen molar-refractivity contribution in [3.05, 3.63) is 185 Å². The Labute approximate surface area is 369 Å². The fourth-order valence-corrected chi connectivity index (χ4v) is 8.34.